The van der Waals surface area contributed by atoms with Crippen LogP contribution in [-0.2, 0) is 21.2 Å². The average Bonchev–Trinajstić information content (AvgIpc) is 2.58. The highest BCUT2D eigenvalue weighted by molar-refractivity contribution is 7.90. The number of carbonyl (C=O) groups excluding carboxylic acids is 1. The zero-order valence-corrected chi connectivity index (χ0v) is 16.9. The molecule has 8 heteroatoms. The Morgan fingerprint density at radius 2 is 1.81 bits per heavy atom. The van der Waals surface area contributed by atoms with Gasteiger partial charge in [0.05, 0.1) is 27.7 Å². The molecule has 1 aromatic heterocycles. The third kappa shape index (κ3) is 4.24. The van der Waals surface area contributed by atoms with Crippen LogP contribution in [0.5, 0.6) is 0 Å². The second-order valence-corrected chi connectivity index (χ2v) is 8.90. The molecule has 3 aromatic rings. The summed E-state index contributed by atoms with van der Waals surface area (Å²) in [6.07, 6.45) is 1.09. The van der Waals surface area contributed by atoms with E-state index in [0.29, 0.717) is 10.7 Å². The minimum Gasteiger partial charge on any atom is -0.306 e. The van der Waals surface area contributed by atoms with Crippen LogP contribution in [0.1, 0.15) is 12.5 Å². The number of carbonyl (C=O) groups is 1. The lowest BCUT2D eigenvalue weighted by Crippen LogP contribution is -2.29. The largest absolute Gasteiger partial charge is 0.306 e. The van der Waals surface area contributed by atoms with Gasteiger partial charge in [0.15, 0.2) is 9.84 Å². The number of pyridine rings is 1. The normalized spacial score (nSPS) is 11.6. The molecule has 0 atom stereocenters. The molecule has 0 aliphatic rings. The lowest BCUT2D eigenvalue weighted by Gasteiger charge is -2.25. The van der Waals surface area contributed by atoms with E-state index in [9.17, 15) is 13.2 Å². The summed E-state index contributed by atoms with van der Waals surface area (Å²) in [4.78, 5) is 18.0. The molecule has 0 aliphatic carbocycles. The fourth-order valence-corrected chi connectivity index (χ4v) is 4.21. The van der Waals surface area contributed by atoms with E-state index < -0.39 is 9.84 Å². The van der Waals surface area contributed by atoms with Gasteiger partial charge in [-0.05, 0) is 35.9 Å². The Hall–Kier alpha value is -2.15. The summed E-state index contributed by atoms with van der Waals surface area (Å²) >= 11 is 12.2. The SMILES string of the molecule is CC(=O)N(Cc1ccc2ccc(Cl)nc2c1)c1c(Cl)cccc1S(C)(=O)=O. The number of fused-ring (bicyclic) bond motifs is 1. The minimum absolute atomic E-state index is 0.00663. The van der Waals surface area contributed by atoms with Crippen molar-refractivity contribution in [2.75, 3.05) is 11.2 Å². The van der Waals surface area contributed by atoms with Crippen molar-refractivity contribution in [2.45, 2.75) is 18.4 Å². The number of sulfone groups is 1. The average molecular weight is 423 g/mol. The van der Waals surface area contributed by atoms with Gasteiger partial charge in [0.25, 0.3) is 0 Å². The second kappa shape index (κ2) is 7.46. The van der Waals surface area contributed by atoms with Crippen molar-refractivity contribution >= 4 is 55.5 Å². The fourth-order valence-electron chi connectivity index (χ4n) is 2.82. The van der Waals surface area contributed by atoms with Crippen molar-refractivity contribution in [3.8, 4) is 0 Å². The van der Waals surface area contributed by atoms with Crippen LogP contribution < -0.4 is 4.90 Å². The summed E-state index contributed by atoms with van der Waals surface area (Å²) in [6.45, 7) is 1.51. The molecule has 1 heterocycles. The molecule has 27 heavy (non-hydrogen) atoms. The number of benzene rings is 2. The molecule has 0 spiro atoms. The first kappa shape index (κ1) is 19.6. The lowest BCUT2D eigenvalue weighted by molar-refractivity contribution is -0.116. The van der Waals surface area contributed by atoms with Crippen LogP contribution in [0.2, 0.25) is 10.2 Å². The molecular weight excluding hydrogens is 407 g/mol. The molecule has 0 bridgehead atoms. The Morgan fingerprint density at radius 3 is 2.48 bits per heavy atom. The predicted octanol–water partition coefficient (Wildman–Crippen LogP) is 4.50. The van der Waals surface area contributed by atoms with E-state index in [2.05, 4.69) is 4.98 Å². The molecule has 0 saturated heterocycles. The third-order valence-corrected chi connectivity index (χ3v) is 5.71. The fraction of sp³-hybridized carbons (Fsp3) is 0.158. The highest BCUT2D eigenvalue weighted by Crippen LogP contribution is 2.34. The van der Waals surface area contributed by atoms with E-state index >= 15 is 0 Å². The Balaban J connectivity index is 2.10. The maximum Gasteiger partial charge on any atom is 0.224 e. The zero-order chi connectivity index (χ0) is 19.8. The van der Waals surface area contributed by atoms with E-state index in [-0.39, 0.29) is 28.1 Å². The van der Waals surface area contributed by atoms with Gasteiger partial charge in [-0.1, -0.05) is 41.4 Å². The van der Waals surface area contributed by atoms with E-state index in [1.807, 2.05) is 24.3 Å². The molecule has 2 aromatic carbocycles. The van der Waals surface area contributed by atoms with Crippen LogP contribution >= 0.6 is 23.2 Å². The van der Waals surface area contributed by atoms with Crippen LogP contribution in [0, 0.1) is 0 Å². The standard InChI is InChI=1S/C19H16Cl2N2O3S/c1-12(24)23(19-15(20)4-3-5-17(19)27(2,25)26)11-13-6-7-14-8-9-18(21)22-16(14)10-13/h3-10H,11H2,1-2H3. The smallest absolute Gasteiger partial charge is 0.224 e. The number of nitrogens with zero attached hydrogens (tertiary/aromatic N) is 2. The third-order valence-electron chi connectivity index (χ3n) is 4.06. The maximum absolute atomic E-state index is 12.3. The molecule has 0 fully saturated rings. The number of para-hydroxylation sites is 1. The maximum atomic E-state index is 12.3. The first-order valence-corrected chi connectivity index (χ1v) is 10.6. The quantitative estimate of drug-likeness (QED) is 0.580. The molecule has 5 nitrogen and oxygen atoms in total. The topological polar surface area (TPSA) is 67.3 Å². The lowest BCUT2D eigenvalue weighted by atomic mass is 10.1. The van der Waals surface area contributed by atoms with Crippen LogP contribution in [0.25, 0.3) is 10.9 Å². The highest BCUT2D eigenvalue weighted by Gasteiger charge is 2.24. The molecule has 3 rings (SSSR count). The summed E-state index contributed by atoms with van der Waals surface area (Å²) < 4.78 is 24.4. The van der Waals surface area contributed by atoms with Gasteiger partial charge in [0.1, 0.15) is 5.15 Å². The van der Waals surface area contributed by atoms with Crippen LogP contribution in [0.15, 0.2) is 53.4 Å². The van der Waals surface area contributed by atoms with Crippen molar-refractivity contribution in [3.05, 3.63) is 64.3 Å². The van der Waals surface area contributed by atoms with E-state index in [0.717, 1.165) is 17.2 Å². The van der Waals surface area contributed by atoms with Gasteiger partial charge in [-0.2, -0.15) is 0 Å². The first-order valence-electron chi connectivity index (χ1n) is 7.98. The summed E-state index contributed by atoms with van der Waals surface area (Å²) in [5.74, 6) is -0.327. The Kier molecular flexibility index (Phi) is 5.42. The summed E-state index contributed by atoms with van der Waals surface area (Å²) in [6, 6.07) is 13.6. The number of amides is 1. The number of anilines is 1. The molecule has 0 aliphatic heterocycles. The number of halogens is 2. The van der Waals surface area contributed by atoms with Gasteiger partial charge >= 0.3 is 0 Å². The Labute approximate surface area is 167 Å². The summed E-state index contributed by atoms with van der Waals surface area (Å²) in [5.41, 5.74) is 1.63. The number of rotatable bonds is 4. The number of hydrogen-bond acceptors (Lipinski definition) is 4. The molecule has 0 radical (unpaired) electrons. The van der Waals surface area contributed by atoms with Crippen molar-refractivity contribution < 1.29 is 13.2 Å². The van der Waals surface area contributed by atoms with Crippen LogP contribution in [0.3, 0.4) is 0 Å². The van der Waals surface area contributed by atoms with Crippen LogP contribution in [-0.4, -0.2) is 25.6 Å². The van der Waals surface area contributed by atoms with E-state index in [1.54, 1.807) is 18.2 Å². The first-order chi connectivity index (χ1) is 12.7. The monoisotopic (exact) mass is 422 g/mol. The molecule has 0 N–H and O–H groups in total. The van der Waals surface area contributed by atoms with E-state index in [1.165, 1.54) is 17.9 Å². The second-order valence-electron chi connectivity index (χ2n) is 6.12. The van der Waals surface area contributed by atoms with Gasteiger partial charge in [-0.3, -0.25) is 4.79 Å². The van der Waals surface area contributed by atoms with Crippen molar-refractivity contribution in [1.82, 2.24) is 4.98 Å². The van der Waals surface area contributed by atoms with Gasteiger partial charge in [0.2, 0.25) is 5.91 Å². The van der Waals surface area contributed by atoms with E-state index in [4.69, 9.17) is 23.2 Å². The Morgan fingerprint density at radius 1 is 1.11 bits per heavy atom. The number of aromatic nitrogens is 1. The van der Waals surface area contributed by atoms with Crippen molar-refractivity contribution in [2.24, 2.45) is 0 Å². The minimum atomic E-state index is -3.58. The Bertz CT molecular complexity index is 1150. The molecule has 140 valence electrons. The van der Waals surface area contributed by atoms with Crippen molar-refractivity contribution in [1.29, 1.82) is 0 Å². The van der Waals surface area contributed by atoms with Crippen molar-refractivity contribution in [3.63, 3.8) is 0 Å². The van der Waals surface area contributed by atoms with Gasteiger partial charge in [0, 0.05) is 18.6 Å². The van der Waals surface area contributed by atoms with Gasteiger partial charge in [-0.15, -0.1) is 0 Å². The molecule has 0 unspecified atom stereocenters. The summed E-state index contributed by atoms with van der Waals surface area (Å²) in [5, 5.41) is 1.47. The molecule has 0 saturated carbocycles. The highest BCUT2D eigenvalue weighted by atomic mass is 35.5. The molecular formula is C19H16Cl2N2O3S. The zero-order valence-electron chi connectivity index (χ0n) is 14.6. The number of hydrogen-bond donors (Lipinski definition) is 0. The van der Waals surface area contributed by atoms with Gasteiger partial charge in [-0.25, -0.2) is 13.4 Å². The van der Waals surface area contributed by atoms with Crippen LogP contribution in [0.4, 0.5) is 5.69 Å². The predicted molar refractivity (Wildman–Crippen MR) is 108 cm³/mol. The molecule has 1 amide bonds. The van der Waals surface area contributed by atoms with Gasteiger partial charge < -0.3 is 4.90 Å². The summed E-state index contributed by atoms with van der Waals surface area (Å²) in [7, 11) is -3.58.